The Morgan fingerprint density at radius 2 is 1.71 bits per heavy atom. The van der Waals surface area contributed by atoms with Crippen molar-refractivity contribution in [1.82, 2.24) is 0 Å². The van der Waals surface area contributed by atoms with E-state index in [9.17, 15) is 5.11 Å². The van der Waals surface area contributed by atoms with E-state index in [1.807, 2.05) is 19.2 Å². The van der Waals surface area contributed by atoms with Crippen LogP contribution in [0, 0.1) is 0 Å². The minimum atomic E-state index is -0.889. The average molecular weight is 347 g/mol. The highest BCUT2D eigenvalue weighted by molar-refractivity contribution is 7.10. The Balaban J connectivity index is 2.44. The van der Waals surface area contributed by atoms with Gasteiger partial charge in [0.1, 0.15) is 6.10 Å². The van der Waals surface area contributed by atoms with Gasteiger partial charge in [0.05, 0.1) is 28.1 Å². The standard InChI is InChI=1S/C15H16Cl2O3S/c1-3-19-12-7-9(11(17)8-13(12)20-4-2)14(18)15-10(16)5-6-21-15/h5-8,14,18H,3-4H2,1-2H3. The van der Waals surface area contributed by atoms with Gasteiger partial charge in [-0.05, 0) is 31.4 Å². The van der Waals surface area contributed by atoms with Crippen molar-refractivity contribution in [2.45, 2.75) is 20.0 Å². The van der Waals surface area contributed by atoms with Crippen molar-refractivity contribution < 1.29 is 14.6 Å². The molecular formula is C15H16Cl2O3S. The normalized spacial score (nSPS) is 12.2. The number of ether oxygens (including phenoxy) is 2. The summed E-state index contributed by atoms with van der Waals surface area (Å²) in [4.78, 5) is 0.658. The highest BCUT2D eigenvalue weighted by Gasteiger charge is 2.21. The van der Waals surface area contributed by atoms with Gasteiger partial charge in [0.25, 0.3) is 0 Å². The maximum atomic E-state index is 10.5. The van der Waals surface area contributed by atoms with Gasteiger partial charge in [0.15, 0.2) is 11.5 Å². The topological polar surface area (TPSA) is 38.7 Å². The van der Waals surface area contributed by atoms with Gasteiger partial charge in [0.2, 0.25) is 0 Å². The molecule has 1 aromatic carbocycles. The third kappa shape index (κ3) is 3.64. The number of thiophene rings is 1. The number of halogens is 2. The van der Waals surface area contributed by atoms with Gasteiger partial charge < -0.3 is 14.6 Å². The quantitative estimate of drug-likeness (QED) is 0.805. The van der Waals surface area contributed by atoms with Crippen LogP contribution in [0.1, 0.15) is 30.4 Å². The Bertz CT molecular complexity index is 613. The monoisotopic (exact) mass is 346 g/mol. The van der Waals surface area contributed by atoms with E-state index in [4.69, 9.17) is 32.7 Å². The number of aliphatic hydroxyl groups excluding tert-OH is 1. The molecule has 1 N–H and O–H groups in total. The molecule has 0 aliphatic carbocycles. The first-order valence-corrected chi connectivity index (χ1v) is 8.22. The lowest BCUT2D eigenvalue weighted by molar-refractivity contribution is 0.222. The van der Waals surface area contributed by atoms with E-state index in [-0.39, 0.29) is 0 Å². The molecular weight excluding hydrogens is 331 g/mol. The minimum Gasteiger partial charge on any atom is -0.490 e. The van der Waals surface area contributed by atoms with Crippen LogP contribution in [0.3, 0.4) is 0 Å². The Morgan fingerprint density at radius 1 is 1.10 bits per heavy atom. The molecule has 0 saturated heterocycles. The summed E-state index contributed by atoms with van der Waals surface area (Å²) in [7, 11) is 0. The van der Waals surface area contributed by atoms with Crippen LogP contribution in [0.15, 0.2) is 23.6 Å². The zero-order valence-corrected chi connectivity index (χ0v) is 14.1. The molecule has 2 rings (SSSR count). The fraction of sp³-hybridized carbons (Fsp3) is 0.333. The molecule has 1 atom stereocenters. The molecule has 0 saturated carbocycles. The second kappa shape index (κ2) is 7.36. The van der Waals surface area contributed by atoms with Crippen molar-refractivity contribution in [2.75, 3.05) is 13.2 Å². The summed E-state index contributed by atoms with van der Waals surface area (Å²) in [5.41, 5.74) is 0.549. The first kappa shape index (κ1) is 16.4. The smallest absolute Gasteiger partial charge is 0.162 e. The van der Waals surface area contributed by atoms with Gasteiger partial charge in [-0.3, -0.25) is 0 Å². The van der Waals surface area contributed by atoms with E-state index in [1.54, 1.807) is 18.2 Å². The molecule has 0 amide bonds. The van der Waals surface area contributed by atoms with Crippen LogP contribution in [0.4, 0.5) is 0 Å². The molecule has 2 aromatic rings. The van der Waals surface area contributed by atoms with E-state index in [2.05, 4.69) is 0 Å². The molecule has 0 aliphatic rings. The molecule has 1 aromatic heterocycles. The molecule has 0 bridgehead atoms. The molecule has 114 valence electrons. The first-order valence-electron chi connectivity index (χ1n) is 6.58. The van der Waals surface area contributed by atoms with Gasteiger partial charge in [0, 0.05) is 11.6 Å². The zero-order chi connectivity index (χ0) is 15.4. The summed E-state index contributed by atoms with van der Waals surface area (Å²) in [6, 6.07) is 5.12. The van der Waals surface area contributed by atoms with E-state index >= 15 is 0 Å². The molecule has 3 nitrogen and oxygen atoms in total. The lowest BCUT2D eigenvalue weighted by Gasteiger charge is -2.17. The van der Waals surface area contributed by atoms with Crippen molar-refractivity contribution >= 4 is 34.5 Å². The lowest BCUT2D eigenvalue weighted by atomic mass is 10.1. The highest BCUT2D eigenvalue weighted by Crippen LogP contribution is 2.40. The van der Waals surface area contributed by atoms with Crippen LogP contribution in [-0.2, 0) is 0 Å². The maximum Gasteiger partial charge on any atom is 0.162 e. The Morgan fingerprint density at radius 3 is 2.24 bits per heavy atom. The molecule has 0 spiro atoms. The van der Waals surface area contributed by atoms with Gasteiger partial charge in [-0.2, -0.15) is 0 Å². The summed E-state index contributed by atoms with van der Waals surface area (Å²) >= 11 is 13.7. The second-order valence-corrected chi connectivity index (χ2v) is 5.98. The molecule has 0 aliphatic heterocycles. The minimum absolute atomic E-state index is 0.416. The number of benzene rings is 1. The summed E-state index contributed by atoms with van der Waals surface area (Å²) in [5.74, 6) is 1.13. The van der Waals surface area contributed by atoms with E-state index in [0.29, 0.717) is 45.2 Å². The van der Waals surface area contributed by atoms with Gasteiger partial charge in [-0.15, -0.1) is 11.3 Å². The van der Waals surface area contributed by atoms with Gasteiger partial charge >= 0.3 is 0 Å². The van der Waals surface area contributed by atoms with Crippen LogP contribution in [0.2, 0.25) is 10.0 Å². The Labute approximate surface area is 138 Å². The largest absolute Gasteiger partial charge is 0.490 e. The van der Waals surface area contributed by atoms with Crippen molar-refractivity contribution in [1.29, 1.82) is 0 Å². The maximum absolute atomic E-state index is 10.5. The van der Waals surface area contributed by atoms with E-state index in [1.165, 1.54) is 11.3 Å². The lowest BCUT2D eigenvalue weighted by Crippen LogP contribution is -2.03. The SMILES string of the molecule is CCOc1cc(Cl)c(C(O)c2sccc2Cl)cc1OCC. The van der Waals surface area contributed by atoms with Crippen LogP contribution in [-0.4, -0.2) is 18.3 Å². The van der Waals surface area contributed by atoms with Crippen LogP contribution < -0.4 is 9.47 Å². The third-order valence-corrected chi connectivity index (χ3v) is 4.59. The van der Waals surface area contributed by atoms with Crippen LogP contribution >= 0.6 is 34.5 Å². The second-order valence-electron chi connectivity index (χ2n) is 4.22. The number of hydrogen-bond acceptors (Lipinski definition) is 4. The molecule has 1 unspecified atom stereocenters. The van der Waals surface area contributed by atoms with Gasteiger partial charge in [-0.25, -0.2) is 0 Å². The molecule has 0 fully saturated rings. The van der Waals surface area contributed by atoms with Crippen LogP contribution in [0.5, 0.6) is 11.5 Å². The summed E-state index contributed by atoms with van der Waals surface area (Å²) in [5, 5.41) is 13.3. The number of aliphatic hydroxyl groups is 1. The van der Waals surface area contributed by atoms with Crippen LogP contribution in [0.25, 0.3) is 0 Å². The van der Waals surface area contributed by atoms with Crippen molar-refractivity contribution in [3.63, 3.8) is 0 Å². The fourth-order valence-electron chi connectivity index (χ4n) is 1.94. The molecule has 1 heterocycles. The highest BCUT2D eigenvalue weighted by atomic mass is 35.5. The predicted octanol–water partition coefficient (Wildman–Crippen LogP) is 4.93. The molecule has 21 heavy (non-hydrogen) atoms. The number of rotatable bonds is 6. The predicted molar refractivity (Wildman–Crippen MR) is 87.2 cm³/mol. The summed E-state index contributed by atoms with van der Waals surface area (Å²) in [6.07, 6.45) is -0.889. The van der Waals surface area contributed by atoms with Crippen molar-refractivity contribution in [3.8, 4) is 11.5 Å². The molecule has 0 radical (unpaired) electrons. The Hall–Kier alpha value is -0.940. The van der Waals surface area contributed by atoms with Crippen molar-refractivity contribution in [2.24, 2.45) is 0 Å². The fourth-order valence-corrected chi connectivity index (χ4v) is 3.36. The van der Waals surface area contributed by atoms with E-state index in [0.717, 1.165) is 0 Å². The Kier molecular flexibility index (Phi) is 5.76. The summed E-state index contributed by atoms with van der Waals surface area (Å²) in [6.45, 7) is 4.78. The number of hydrogen-bond donors (Lipinski definition) is 1. The third-order valence-electron chi connectivity index (χ3n) is 2.85. The van der Waals surface area contributed by atoms with Gasteiger partial charge in [-0.1, -0.05) is 23.2 Å². The van der Waals surface area contributed by atoms with Crippen molar-refractivity contribution in [3.05, 3.63) is 44.1 Å². The molecule has 6 heteroatoms. The average Bonchev–Trinajstić information content (AvgIpc) is 2.87. The zero-order valence-electron chi connectivity index (χ0n) is 11.7. The summed E-state index contributed by atoms with van der Waals surface area (Å²) < 4.78 is 11.1. The first-order chi connectivity index (χ1) is 10.1. The van der Waals surface area contributed by atoms with E-state index < -0.39 is 6.10 Å².